The summed E-state index contributed by atoms with van der Waals surface area (Å²) in [7, 11) is 0. The van der Waals surface area contributed by atoms with Gasteiger partial charge in [0.1, 0.15) is 0 Å². The fourth-order valence-corrected chi connectivity index (χ4v) is 9.98. The van der Waals surface area contributed by atoms with E-state index in [0.29, 0.717) is 0 Å². The molecule has 1 nitrogen and oxygen atoms in total. The molecule has 0 N–H and O–H groups in total. The van der Waals surface area contributed by atoms with Gasteiger partial charge < -0.3 is 4.90 Å². The lowest BCUT2D eigenvalue weighted by atomic mass is 9.84. The van der Waals surface area contributed by atoms with Crippen LogP contribution in [0.1, 0.15) is 0 Å². The van der Waals surface area contributed by atoms with Crippen molar-refractivity contribution in [3.8, 4) is 44.5 Å². The number of para-hydroxylation sites is 1. The Morgan fingerprint density at radius 1 is 0.206 bits per heavy atom. The van der Waals surface area contributed by atoms with Crippen LogP contribution < -0.4 is 4.90 Å². The zero-order valence-electron chi connectivity index (χ0n) is 34.6. The highest BCUT2D eigenvalue weighted by Crippen LogP contribution is 2.50. The quantitative estimate of drug-likeness (QED) is 0.145. The van der Waals surface area contributed by atoms with Crippen molar-refractivity contribution in [3.05, 3.63) is 249 Å². The van der Waals surface area contributed by atoms with E-state index >= 15 is 0 Å². The summed E-state index contributed by atoms with van der Waals surface area (Å²) in [5, 5.41) is 12.3. The van der Waals surface area contributed by atoms with Crippen LogP contribution in [0.2, 0.25) is 0 Å². The molecule has 0 saturated carbocycles. The standard InChI is InChI=1S/C62H41N/c1-4-18-42(19-5-1)48-37-39-55-58(41-48)61(44-21-6-2-7-22-44)52-27-13-12-26-51(52)59(55)45-32-34-46(35-33-45)60-53-28-14-16-30-56(53)62(57-31-17-15-29-54(57)60)63(49-24-8-3-9-25-49)50-38-36-43-20-10-11-23-47(43)40-50/h1-41H. The van der Waals surface area contributed by atoms with Crippen LogP contribution in [0.3, 0.4) is 0 Å². The smallest absolute Gasteiger partial charge is 0.0618 e. The van der Waals surface area contributed by atoms with Gasteiger partial charge in [0.2, 0.25) is 0 Å². The normalized spacial score (nSPS) is 11.5. The number of benzene rings is 12. The summed E-state index contributed by atoms with van der Waals surface area (Å²) in [5.74, 6) is 0. The van der Waals surface area contributed by atoms with Gasteiger partial charge in [0, 0.05) is 22.1 Å². The predicted octanol–water partition coefficient (Wildman–Crippen LogP) is 17.6. The van der Waals surface area contributed by atoms with Crippen molar-refractivity contribution in [2.45, 2.75) is 0 Å². The van der Waals surface area contributed by atoms with Crippen molar-refractivity contribution < 1.29 is 0 Å². The van der Waals surface area contributed by atoms with E-state index in [1.807, 2.05) is 0 Å². The predicted molar refractivity (Wildman–Crippen MR) is 270 cm³/mol. The number of nitrogens with zero attached hydrogens (tertiary/aromatic N) is 1. The maximum absolute atomic E-state index is 2.45. The highest BCUT2D eigenvalue weighted by molar-refractivity contribution is 6.24. The molecule has 0 atom stereocenters. The first kappa shape index (κ1) is 36.6. The summed E-state index contributed by atoms with van der Waals surface area (Å²) >= 11 is 0. The third-order valence-electron chi connectivity index (χ3n) is 12.8. The summed E-state index contributed by atoms with van der Waals surface area (Å²) in [5.41, 5.74) is 13.2. The van der Waals surface area contributed by atoms with Crippen molar-refractivity contribution in [1.82, 2.24) is 0 Å². The Hall–Kier alpha value is -8.26. The summed E-state index contributed by atoms with van der Waals surface area (Å²) in [6.07, 6.45) is 0. The largest absolute Gasteiger partial charge is 0.309 e. The van der Waals surface area contributed by atoms with E-state index in [0.717, 1.165) is 11.4 Å². The van der Waals surface area contributed by atoms with Crippen LogP contribution >= 0.6 is 0 Å². The fourth-order valence-electron chi connectivity index (χ4n) is 9.98. The average molecular weight is 800 g/mol. The van der Waals surface area contributed by atoms with Crippen molar-refractivity contribution in [2.24, 2.45) is 0 Å². The molecule has 0 unspecified atom stereocenters. The maximum Gasteiger partial charge on any atom is 0.0618 e. The molecular weight excluding hydrogens is 759 g/mol. The van der Waals surface area contributed by atoms with Gasteiger partial charge in [0.15, 0.2) is 0 Å². The number of hydrogen-bond acceptors (Lipinski definition) is 1. The van der Waals surface area contributed by atoms with E-state index in [4.69, 9.17) is 0 Å². The minimum Gasteiger partial charge on any atom is -0.309 e. The summed E-state index contributed by atoms with van der Waals surface area (Å²) < 4.78 is 0. The van der Waals surface area contributed by atoms with Crippen molar-refractivity contribution in [1.29, 1.82) is 0 Å². The number of rotatable bonds is 7. The molecule has 0 fully saturated rings. The molecule has 0 amide bonds. The Bertz CT molecular complexity index is 3590. The average Bonchev–Trinajstić information content (AvgIpc) is 3.36. The third kappa shape index (κ3) is 6.25. The van der Waals surface area contributed by atoms with Gasteiger partial charge in [-0.25, -0.2) is 0 Å². The fraction of sp³-hybridized carbons (Fsp3) is 0. The minimum absolute atomic E-state index is 1.12. The Morgan fingerprint density at radius 3 is 1.17 bits per heavy atom. The zero-order valence-corrected chi connectivity index (χ0v) is 34.6. The second-order valence-electron chi connectivity index (χ2n) is 16.4. The molecule has 0 heterocycles. The van der Waals surface area contributed by atoms with Gasteiger partial charge in [-0.3, -0.25) is 0 Å². The van der Waals surface area contributed by atoms with Gasteiger partial charge in [-0.1, -0.05) is 218 Å². The van der Waals surface area contributed by atoms with Gasteiger partial charge in [-0.2, -0.15) is 0 Å². The van der Waals surface area contributed by atoms with E-state index in [1.165, 1.54) is 104 Å². The van der Waals surface area contributed by atoms with E-state index in [2.05, 4.69) is 254 Å². The third-order valence-corrected chi connectivity index (χ3v) is 12.8. The Morgan fingerprint density at radius 2 is 0.603 bits per heavy atom. The minimum atomic E-state index is 1.12. The van der Waals surface area contributed by atoms with E-state index in [9.17, 15) is 0 Å². The van der Waals surface area contributed by atoms with Gasteiger partial charge in [0.25, 0.3) is 0 Å². The van der Waals surface area contributed by atoms with Gasteiger partial charge >= 0.3 is 0 Å². The van der Waals surface area contributed by atoms with Crippen LogP contribution in [-0.2, 0) is 0 Å². The molecule has 0 aliphatic heterocycles. The molecule has 12 aromatic carbocycles. The molecule has 0 aliphatic carbocycles. The summed E-state index contributed by atoms with van der Waals surface area (Å²) in [6, 6.07) is 91.0. The van der Waals surface area contributed by atoms with Crippen LogP contribution in [0, 0.1) is 0 Å². The lowest BCUT2D eigenvalue weighted by Crippen LogP contribution is -2.11. The van der Waals surface area contributed by atoms with E-state index in [1.54, 1.807) is 0 Å². The first-order chi connectivity index (χ1) is 31.3. The molecule has 63 heavy (non-hydrogen) atoms. The molecule has 1 heteroatoms. The first-order valence-electron chi connectivity index (χ1n) is 21.8. The van der Waals surface area contributed by atoms with Crippen LogP contribution in [0.25, 0.3) is 98.4 Å². The highest BCUT2D eigenvalue weighted by atomic mass is 15.1. The van der Waals surface area contributed by atoms with Crippen LogP contribution in [-0.4, -0.2) is 0 Å². The number of hydrogen-bond donors (Lipinski definition) is 0. The zero-order chi connectivity index (χ0) is 41.7. The molecule has 12 aromatic rings. The lowest BCUT2D eigenvalue weighted by molar-refractivity contribution is 1.32. The van der Waals surface area contributed by atoms with Crippen molar-refractivity contribution in [3.63, 3.8) is 0 Å². The topological polar surface area (TPSA) is 3.24 Å². The number of fused-ring (bicyclic) bond motifs is 5. The second kappa shape index (κ2) is 15.3. The monoisotopic (exact) mass is 799 g/mol. The van der Waals surface area contributed by atoms with Crippen molar-refractivity contribution >= 4 is 70.9 Å². The highest BCUT2D eigenvalue weighted by Gasteiger charge is 2.23. The molecule has 0 aromatic heterocycles. The Kier molecular flexibility index (Phi) is 8.90. The molecule has 0 spiro atoms. The molecule has 0 aliphatic rings. The van der Waals surface area contributed by atoms with Crippen molar-refractivity contribution in [2.75, 3.05) is 4.90 Å². The first-order valence-corrected chi connectivity index (χ1v) is 21.8. The summed E-state index contributed by atoms with van der Waals surface area (Å²) in [6.45, 7) is 0. The van der Waals surface area contributed by atoms with Gasteiger partial charge in [-0.05, 0) is 118 Å². The van der Waals surface area contributed by atoms with Crippen LogP contribution in [0.4, 0.5) is 17.1 Å². The maximum atomic E-state index is 2.45. The summed E-state index contributed by atoms with van der Waals surface area (Å²) in [4.78, 5) is 2.45. The van der Waals surface area contributed by atoms with E-state index in [-0.39, 0.29) is 0 Å². The molecule has 0 bridgehead atoms. The van der Waals surface area contributed by atoms with E-state index < -0.39 is 0 Å². The Balaban J connectivity index is 1.07. The SMILES string of the molecule is c1ccc(-c2ccc3c(-c4ccc(-c5c6ccccc6c(N(c6ccccc6)c6ccc7ccccc7c6)c6ccccc56)cc4)c4ccccc4c(-c4ccccc4)c3c2)cc1. The second-order valence-corrected chi connectivity index (χ2v) is 16.4. The van der Waals surface area contributed by atoms with Crippen LogP contribution in [0.5, 0.6) is 0 Å². The van der Waals surface area contributed by atoms with Gasteiger partial charge in [-0.15, -0.1) is 0 Å². The lowest BCUT2D eigenvalue weighted by Gasteiger charge is -2.29. The molecule has 294 valence electrons. The number of anilines is 3. The van der Waals surface area contributed by atoms with Crippen LogP contribution in [0.15, 0.2) is 249 Å². The Labute approximate surface area is 367 Å². The van der Waals surface area contributed by atoms with Gasteiger partial charge in [0.05, 0.1) is 5.69 Å². The molecule has 12 rings (SSSR count). The molecule has 0 saturated heterocycles. The molecular formula is C62H41N. The molecule has 0 radical (unpaired) electrons.